The van der Waals surface area contributed by atoms with E-state index in [0.29, 0.717) is 11.4 Å². The summed E-state index contributed by atoms with van der Waals surface area (Å²) in [6.07, 6.45) is 1.65. The number of nitrogens with one attached hydrogen (secondary N) is 2. The number of H-pyrrole nitrogens is 1. The number of amides is 1. The molecule has 1 amide bonds. The summed E-state index contributed by atoms with van der Waals surface area (Å²) >= 11 is 0. The van der Waals surface area contributed by atoms with Crippen LogP contribution in [0.5, 0.6) is 0 Å². The van der Waals surface area contributed by atoms with Crippen LogP contribution in [0.3, 0.4) is 0 Å². The maximum atomic E-state index is 12.4. The van der Waals surface area contributed by atoms with E-state index >= 15 is 0 Å². The highest BCUT2D eigenvalue weighted by molar-refractivity contribution is 5.95. The molecule has 0 fully saturated rings. The summed E-state index contributed by atoms with van der Waals surface area (Å²) in [6.45, 7) is 3.75. The fraction of sp³-hybridized carbons (Fsp3) is 0.312. The number of ether oxygens (including phenoxy) is 1. The van der Waals surface area contributed by atoms with Gasteiger partial charge in [0.05, 0.1) is 18.3 Å². The summed E-state index contributed by atoms with van der Waals surface area (Å²) in [4.78, 5) is 31.7. The van der Waals surface area contributed by atoms with Gasteiger partial charge in [0.25, 0.3) is 5.91 Å². The third kappa shape index (κ3) is 3.59. The normalized spacial score (nSPS) is 12.0. The molecule has 2 heterocycles. The van der Waals surface area contributed by atoms with Crippen LogP contribution in [0.25, 0.3) is 0 Å². The van der Waals surface area contributed by atoms with Crippen molar-refractivity contribution in [2.24, 2.45) is 0 Å². The number of hydrogen-bond donors (Lipinski definition) is 2. The third-order valence-electron chi connectivity index (χ3n) is 3.26. The second-order valence-corrected chi connectivity index (χ2v) is 5.05. The Hall–Kier alpha value is -2.47. The van der Waals surface area contributed by atoms with Crippen LogP contribution < -0.4 is 10.7 Å². The molecule has 0 aromatic carbocycles. The minimum Gasteiger partial charge on any atom is -0.382 e. The number of rotatable bonds is 5. The summed E-state index contributed by atoms with van der Waals surface area (Å²) in [7, 11) is 1.55. The average molecular weight is 301 g/mol. The predicted molar refractivity (Wildman–Crippen MR) is 82.9 cm³/mol. The Labute approximate surface area is 128 Å². The molecule has 2 rings (SSSR count). The van der Waals surface area contributed by atoms with Crippen LogP contribution in [-0.2, 0) is 4.74 Å². The van der Waals surface area contributed by atoms with Gasteiger partial charge in [-0.05, 0) is 26.0 Å². The van der Waals surface area contributed by atoms with Crippen molar-refractivity contribution >= 4 is 5.91 Å². The van der Waals surface area contributed by atoms with E-state index in [9.17, 15) is 9.59 Å². The maximum Gasteiger partial charge on any atom is 0.257 e. The Morgan fingerprint density at radius 3 is 2.77 bits per heavy atom. The van der Waals surface area contributed by atoms with Crippen molar-refractivity contribution in [3.8, 4) is 0 Å². The minimum absolute atomic E-state index is 0.114. The van der Waals surface area contributed by atoms with Crippen LogP contribution in [0, 0.1) is 13.8 Å². The van der Waals surface area contributed by atoms with E-state index in [1.165, 1.54) is 6.07 Å². The molecule has 2 N–H and O–H groups in total. The van der Waals surface area contributed by atoms with Crippen molar-refractivity contribution in [2.45, 2.75) is 19.9 Å². The molecule has 6 nitrogen and oxygen atoms in total. The van der Waals surface area contributed by atoms with Gasteiger partial charge in [-0.3, -0.25) is 14.6 Å². The maximum absolute atomic E-state index is 12.4. The number of pyridine rings is 2. The van der Waals surface area contributed by atoms with Gasteiger partial charge < -0.3 is 15.0 Å². The van der Waals surface area contributed by atoms with E-state index in [2.05, 4.69) is 15.3 Å². The molecule has 6 heteroatoms. The lowest BCUT2D eigenvalue weighted by molar-refractivity contribution is 0.0892. The Morgan fingerprint density at radius 2 is 2.18 bits per heavy atom. The van der Waals surface area contributed by atoms with Crippen LogP contribution >= 0.6 is 0 Å². The first-order chi connectivity index (χ1) is 10.5. The van der Waals surface area contributed by atoms with E-state index in [0.717, 1.165) is 5.69 Å². The average Bonchev–Trinajstić information content (AvgIpc) is 2.46. The summed E-state index contributed by atoms with van der Waals surface area (Å²) < 4.78 is 5.13. The molecular weight excluding hydrogens is 282 g/mol. The summed E-state index contributed by atoms with van der Waals surface area (Å²) in [5, 5.41) is 2.81. The van der Waals surface area contributed by atoms with Gasteiger partial charge in [-0.15, -0.1) is 0 Å². The molecule has 0 saturated carbocycles. The second-order valence-electron chi connectivity index (χ2n) is 5.05. The van der Waals surface area contributed by atoms with Gasteiger partial charge in [-0.25, -0.2) is 0 Å². The highest BCUT2D eigenvalue weighted by Gasteiger charge is 2.20. The van der Waals surface area contributed by atoms with Crippen molar-refractivity contribution in [3.05, 3.63) is 63.3 Å². The monoisotopic (exact) mass is 301 g/mol. The first-order valence-electron chi connectivity index (χ1n) is 6.94. The number of carbonyl (C=O) groups is 1. The van der Waals surface area contributed by atoms with E-state index in [1.54, 1.807) is 39.3 Å². The minimum atomic E-state index is -0.438. The fourth-order valence-corrected chi connectivity index (χ4v) is 2.31. The lowest BCUT2D eigenvalue weighted by Gasteiger charge is -2.18. The Morgan fingerprint density at radius 1 is 1.41 bits per heavy atom. The molecule has 1 unspecified atom stereocenters. The number of nitrogens with zero attached hydrogens (tertiary/aromatic N) is 1. The fourth-order valence-electron chi connectivity index (χ4n) is 2.31. The van der Waals surface area contributed by atoms with Gasteiger partial charge in [0.1, 0.15) is 5.56 Å². The summed E-state index contributed by atoms with van der Waals surface area (Å²) in [5.74, 6) is -0.438. The third-order valence-corrected chi connectivity index (χ3v) is 3.26. The predicted octanol–water partition coefficient (Wildman–Crippen LogP) is 1.50. The summed E-state index contributed by atoms with van der Waals surface area (Å²) in [5.41, 5.74) is 1.75. The topological polar surface area (TPSA) is 84.1 Å². The first kappa shape index (κ1) is 15.9. The zero-order valence-electron chi connectivity index (χ0n) is 12.8. The van der Waals surface area contributed by atoms with Gasteiger partial charge >= 0.3 is 0 Å². The van der Waals surface area contributed by atoms with Crippen LogP contribution in [0.1, 0.15) is 33.5 Å². The largest absolute Gasteiger partial charge is 0.382 e. The van der Waals surface area contributed by atoms with E-state index < -0.39 is 11.9 Å². The molecular formula is C16H19N3O3. The molecule has 1 atom stereocenters. The van der Waals surface area contributed by atoms with Crippen LogP contribution in [0.15, 0.2) is 35.3 Å². The lowest BCUT2D eigenvalue weighted by atomic mass is 10.1. The number of aryl methyl sites for hydroxylation is 2. The first-order valence-corrected chi connectivity index (χ1v) is 6.94. The van der Waals surface area contributed by atoms with Crippen molar-refractivity contribution in [3.63, 3.8) is 0 Å². The van der Waals surface area contributed by atoms with Gasteiger partial charge in [-0.1, -0.05) is 6.07 Å². The molecule has 2 aromatic heterocycles. The van der Waals surface area contributed by atoms with Crippen molar-refractivity contribution in [2.75, 3.05) is 13.7 Å². The molecule has 0 saturated heterocycles. The number of aromatic nitrogens is 2. The Bertz CT molecular complexity index is 710. The number of hydrogen-bond acceptors (Lipinski definition) is 4. The van der Waals surface area contributed by atoms with Crippen LogP contribution in [0.2, 0.25) is 0 Å². The smallest absolute Gasteiger partial charge is 0.257 e. The van der Waals surface area contributed by atoms with E-state index in [-0.39, 0.29) is 17.6 Å². The number of carbonyl (C=O) groups excluding carboxylic acids is 1. The SMILES string of the molecule is COCC(NC(=O)c1c(C)[nH]c(C)cc1=O)c1ccccn1. The highest BCUT2D eigenvalue weighted by atomic mass is 16.5. The lowest BCUT2D eigenvalue weighted by Crippen LogP contribution is -2.35. The highest BCUT2D eigenvalue weighted by Crippen LogP contribution is 2.11. The summed E-state index contributed by atoms with van der Waals surface area (Å²) in [6, 6.07) is 6.42. The Kier molecular flexibility index (Phi) is 5.06. The van der Waals surface area contributed by atoms with Crippen LogP contribution in [0.4, 0.5) is 0 Å². The molecule has 22 heavy (non-hydrogen) atoms. The van der Waals surface area contributed by atoms with Crippen molar-refractivity contribution in [1.82, 2.24) is 15.3 Å². The van der Waals surface area contributed by atoms with Crippen molar-refractivity contribution < 1.29 is 9.53 Å². The van der Waals surface area contributed by atoms with Crippen LogP contribution in [-0.4, -0.2) is 29.6 Å². The molecule has 2 aromatic rings. The number of aromatic amines is 1. The zero-order valence-corrected chi connectivity index (χ0v) is 12.8. The van der Waals surface area contributed by atoms with Gasteiger partial charge in [0, 0.05) is 30.8 Å². The molecule has 0 aliphatic heterocycles. The van der Waals surface area contributed by atoms with E-state index in [1.807, 2.05) is 6.07 Å². The van der Waals surface area contributed by atoms with Gasteiger partial charge in [0.2, 0.25) is 0 Å². The quantitative estimate of drug-likeness (QED) is 0.876. The van der Waals surface area contributed by atoms with Crippen molar-refractivity contribution in [1.29, 1.82) is 0 Å². The molecule has 0 aliphatic carbocycles. The standard InChI is InChI=1S/C16H19N3O3/c1-10-8-14(20)15(11(2)18-10)16(21)19-13(9-22-3)12-6-4-5-7-17-12/h4-8,13H,9H2,1-3H3,(H,18,20)(H,19,21). The van der Waals surface area contributed by atoms with Gasteiger partial charge in [-0.2, -0.15) is 0 Å². The molecule has 0 aliphatic rings. The molecule has 0 bridgehead atoms. The van der Waals surface area contributed by atoms with E-state index in [4.69, 9.17) is 4.74 Å². The van der Waals surface area contributed by atoms with Gasteiger partial charge in [0.15, 0.2) is 5.43 Å². The second kappa shape index (κ2) is 7.00. The molecule has 0 spiro atoms. The number of methoxy groups -OCH3 is 1. The zero-order chi connectivity index (χ0) is 16.1. The molecule has 116 valence electrons. The molecule has 0 radical (unpaired) electrons. The Balaban J connectivity index is 2.28.